The Hall–Kier alpha value is -1.10. The van der Waals surface area contributed by atoms with Crippen LogP contribution < -0.4 is 5.32 Å². The maximum atomic E-state index is 11.2. The van der Waals surface area contributed by atoms with E-state index in [1.807, 2.05) is 31.2 Å². The van der Waals surface area contributed by atoms with Gasteiger partial charge in [-0.3, -0.25) is 10.1 Å². The molecule has 0 radical (unpaired) electrons. The number of hydrogen-bond acceptors (Lipinski definition) is 3. The van der Waals surface area contributed by atoms with Crippen LogP contribution in [-0.4, -0.2) is 16.6 Å². The number of halogens is 1. The SMILES string of the molecule is CCC(C)(NCc1sc2ccccc2c1Cl)C(=O)O. The summed E-state index contributed by atoms with van der Waals surface area (Å²) in [6, 6.07) is 7.92. The molecule has 0 saturated carbocycles. The first-order valence-corrected chi connectivity index (χ1v) is 7.31. The number of carbonyl (C=O) groups is 1. The Bertz CT molecular complexity index is 611. The first-order valence-electron chi connectivity index (χ1n) is 6.12. The van der Waals surface area contributed by atoms with Crippen molar-refractivity contribution in [3.63, 3.8) is 0 Å². The van der Waals surface area contributed by atoms with E-state index in [9.17, 15) is 9.90 Å². The predicted molar refractivity (Wildman–Crippen MR) is 80.0 cm³/mol. The Morgan fingerprint density at radius 2 is 2.16 bits per heavy atom. The van der Waals surface area contributed by atoms with Crippen molar-refractivity contribution in [2.24, 2.45) is 0 Å². The number of carboxylic acid groups (broad SMARTS) is 1. The molecule has 2 rings (SSSR count). The number of aliphatic carboxylic acids is 1. The molecule has 0 aliphatic rings. The van der Waals surface area contributed by atoms with Gasteiger partial charge in [-0.2, -0.15) is 0 Å². The predicted octanol–water partition coefficient (Wildman–Crippen LogP) is 3.90. The maximum absolute atomic E-state index is 11.2. The minimum Gasteiger partial charge on any atom is -0.480 e. The van der Waals surface area contributed by atoms with Gasteiger partial charge >= 0.3 is 5.97 Å². The quantitative estimate of drug-likeness (QED) is 0.880. The molecule has 19 heavy (non-hydrogen) atoms. The van der Waals surface area contributed by atoms with Crippen LogP contribution in [0.4, 0.5) is 0 Å². The lowest BCUT2D eigenvalue weighted by atomic mass is 9.99. The van der Waals surface area contributed by atoms with E-state index in [0.717, 1.165) is 20.0 Å². The summed E-state index contributed by atoms with van der Waals surface area (Å²) in [5, 5.41) is 14.1. The van der Waals surface area contributed by atoms with Crippen molar-refractivity contribution >= 4 is 39.0 Å². The van der Waals surface area contributed by atoms with Gasteiger partial charge in [0.05, 0.1) is 5.02 Å². The summed E-state index contributed by atoms with van der Waals surface area (Å²) >= 11 is 7.93. The van der Waals surface area contributed by atoms with Crippen molar-refractivity contribution < 1.29 is 9.90 Å². The van der Waals surface area contributed by atoms with Gasteiger partial charge in [0.25, 0.3) is 0 Å². The first-order chi connectivity index (χ1) is 8.98. The van der Waals surface area contributed by atoms with Crippen molar-refractivity contribution in [3.8, 4) is 0 Å². The fourth-order valence-corrected chi connectivity index (χ4v) is 3.24. The summed E-state index contributed by atoms with van der Waals surface area (Å²) in [6.07, 6.45) is 0.519. The Morgan fingerprint density at radius 1 is 1.47 bits per heavy atom. The highest BCUT2D eigenvalue weighted by molar-refractivity contribution is 7.19. The largest absolute Gasteiger partial charge is 0.480 e. The van der Waals surface area contributed by atoms with E-state index in [2.05, 4.69) is 5.32 Å². The van der Waals surface area contributed by atoms with Crippen LogP contribution >= 0.6 is 22.9 Å². The van der Waals surface area contributed by atoms with Crippen LogP contribution in [0, 0.1) is 0 Å². The smallest absolute Gasteiger partial charge is 0.323 e. The molecule has 1 unspecified atom stereocenters. The van der Waals surface area contributed by atoms with E-state index in [1.54, 1.807) is 18.3 Å². The summed E-state index contributed by atoms with van der Waals surface area (Å²) in [6.45, 7) is 4.01. The highest BCUT2D eigenvalue weighted by Gasteiger charge is 2.30. The Morgan fingerprint density at radius 3 is 2.74 bits per heavy atom. The molecule has 2 aromatic rings. The van der Waals surface area contributed by atoms with Gasteiger partial charge in [0, 0.05) is 21.5 Å². The molecule has 2 N–H and O–H groups in total. The third-order valence-electron chi connectivity index (χ3n) is 3.42. The molecule has 0 fully saturated rings. The Balaban J connectivity index is 2.22. The summed E-state index contributed by atoms with van der Waals surface area (Å²) in [5.74, 6) is -0.841. The monoisotopic (exact) mass is 297 g/mol. The molecule has 0 aliphatic carbocycles. The van der Waals surface area contributed by atoms with Crippen LogP contribution in [0.25, 0.3) is 10.1 Å². The maximum Gasteiger partial charge on any atom is 0.323 e. The van der Waals surface area contributed by atoms with E-state index in [0.29, 0.717) is 13.0 Å². The first kappa shape index (κ1) is 14.3. The molecule has 1 aromatic heterocycles. The zero-order chi connectivity index (χ0) is 14.0. The van der Waals surface area contributed by atoms with Gasteiger partial charge in [-0.25, -0.2) is 0 Å². The van der Waals surface area contributed by atoms with Crippen LogP contribution in [0.3, 0.4) is 0 Å². The number of nitrogens with one attached hydrogen (secondary N) is 1. The second kappa shape index (κ2) is 5.49. The lowest BCUT2D eigenvalue weighted by Gasteiger charge is -2.24. The summed E-state index contributed by atoms with van der Waals surface area (Å²) in [4.78, 5) is 12.2. The molecule has 3 nitrogen and oxygen atoms in total. The second-order valence-electron chi connectivity index (χ2n) is 4.68. The van der Waals surface area contributed by atoms with Gasteiger partial charge in [0.1, 0.15) is 5.54 Å². The zero-order valence-corrected chi connectivity index (χ0v) is 12.4. The third-order valence-corrected chi connectivity index (χ3v) is 5.13. The van der Waals surface area contributed by atoms with Gasteiger partial charge in [-0.05, 0) is 19.4 Å². The molecule has 0 aliphatic heterocycles. The van der Waals surface area contributed by atoms with Gasteiger partial charge < -0.3 is 5.11 Å². The Kier molecular flexibility index (Phi) is 4.13. The Labute approximate surface area is 121 Å². The van der Waals surface area contributed by atoms with E-state index >= 15 is 0 Å². The average Bonchev–Trinajstić information content (AvgIpc) is 2.73. The number of fused-ring (bicyclic) bond motifs is 1. The lowest BCUT2D eigenvalue weighted by Crippen LogP contribution is -2.48. The molecular weight excluding hydrogens is 282 g/mol. The van der Waals surface area contributed by atoms with Crippen molar-refractivity contribution in [1.29, 1.82) is 0 Å². The second-order valence-corrected chi connectivity index (χ2v) is 6.19. The third kappa shape index (κ3) is 2.76. The van der Waals surface area contributed by atoms with Crippen LogP contribution in [0.2, 0.25) is 5.02 Å². The molecular formula is C14H16ClNO2S. The van der Waals surface area contributed by atoms with Crippen molar-refractivity contribution in [1.82, 2.24) is 5.32 Å². The van der Waals surface area contributed by atoms with Crippen LogP contribution in [0.5, 0.6) is 0 Å². The van der Waals surface area contributed by atoms with E-state index in [-0.39, 0.29) is 0 Å². The average molecular weight is 298 g/mol. The zero-order valence-electron chi connectivity index (χ0n) is 10.9. The fraction of sp³-hybridized carbons (Fsp3) is 0.357. The van der Waals surface area contributed by atoms with Crippen molar-refractivity contribution in [2.75, 3.05) is 0 Å². The fourth-order valence-electron chi connectivity index (χ4n) is 1.81. The van der Waals surface area contributed by atoms with Gasteiger partial charge in [-0.1, -0.05) is 36.7 Å². The summed E-state index contributed by atoms with van der Waals surface area (Å²) < 4.78 is 1.12. The molecule has 1 aromatic carbocycles. The molecule has 0 amide bonds. The van der Waals surface area contributed by atoms with Gasteiger partial charge in [-0.15, -0.1) is 11.3 Å². The minimum absolute atomic E-state index is 0.467. The molecule has 102 valence electrons. The molecule has 0 spiro atoms. The molecule has 1 atom stereocenters. The van der Waals surface area contributed by atoms with E-state index in [4.69, 9.17) is 11.6 Å². The number of benzene rings is 1. The van der Waals surface area contributed by atoms with Crippen LogP contribution in [0.1, 0.15) is 25.1 Å². The van der Waals surface area contributed by atoms with E-state index in [1.165, 1.54) is 0 Å². The van der Waals surface area contributed by atoms with Crippen molar-refractivity contribution in [2.45, 2.75) is 32.4 Å². The van der Waals surface area contributed by atoms with Gasteiger partial charge in [0.2, 0.25) is 0 Å². The molecule has 0 saturated heterocycles. The normalized spacial score (nSPS) is 14.5. The molecule has 0 bridgehead atoms. The topological polar surface area (TPSA) is 49.3 Å². The number of hydrogen-bond donors (Lipinski definition) is 2. The highest BCUT2D eigenvalue weighted by Crippen LogP contribution is 2.35. The van der Waals surface area contributed by atoms with Crippen LogP contribution in [-0.2, 0) is 11.3 Å². The number of rotatable bonds is 5. The molecule has 5 heteroatoms. The molecule has 1 heterocycles. The van der Waals surface area contributed by atoms with Gasteiger partial charge in [0.15, 0.2) is 0 Å². The summed E-state index contributed by atoms with van der Waals surface area (Å²) in [7, 11) is 0. The van der Waals surface area contributed by atoms with Crippen molar-refractivity contribution in [3.05, 3.63) is 34.2 Å². The minimum atomic E-state index is -0.917. The van der Waals surface area contributed by atoms with Crippen LogP contribution in [0.15, 0.2) is 24.3 Å². The standard InChI is InChI=1S/C14H16ClNO2S/c1-3-14(2,13(17)18)16-8-11-12(15)9-6-4-5-7-10(9)19-11/h4-7,16H,3,8H2,1-2H3,(H,17,18). The highest BCUT2D eigenvalue weighted by atomic mass is 35.5. The van der Waals surface area contributed by atoms with E-state index < -0.39 is 11.5 Å². The summed E-state index contributed by atoms with van der Waals surface area (Å²) in [5.41, 5.74) is -0.917. The number of thiophene rings is 1. The lowest BCUT2D eigenvalue weighted by molar-refractivity contribution is -0.144. The number of carboxylic acids is 1.